The Morgan fingerprint density at radius 2 is 2.00 bits per heavy atom. The van der Waals surface area contributed by atoms with Crippen molar-refractivity contribution in [2.45, 2.75) is 24.5 Å². The summed E-state index contributed by atoms with van der Waals surface area (Å²) in [5.41, 5.74) is 1.21. The molecule has 0 aliphatic heterocycles. The molecule has 24 heavy (non-hydrogen) atoms. The summed E-state index contributed by atoms with van der Waals surface area (Å²) in [4.78, 5) is 5.03. The van der Waals surface area contributed by atoms with Crippen molar-refractivity contribution in [3.05, 3.63) is 53.2 Å². The van der Waals surface area contributed by atoms with E-state index in [1.807, 2.05) is 18.2 Å². The quantitative estimate of drug-likeness (QED) is 0.725. The number of benzene rings is 1. The molecule has 0 bridgehead atoms. The third-order valence-electron chi connectivity index (χ3n) is 3.71. The first-order valence-electron chi connectivity index (χ1n) is 7.56. The van der Waals surface area contributed by atoms with Gasteiger partial charge in [0.05, 0.1) is 11.4 Å². The van der Waals surface area contributed by atoms with Crippen molar-refractivity contribution >= 4 is 27.0 Å². The highest BCUT2D eigenvalue weighted by atomic mass is 32.2. The molecule has 1 aliphatic rings. The topological polar surface area (TPSA) is 85.1 Å². The van der Waals surface area contributed by atoms with Crippen molar-refractivity contribution in [3.63, 3.8) is 0 Å². The van der Waals surface area contributed by atoms with E-state index < -0.39 is 10.0 Å². The Morgan fingerprint density at radius 1 is 1.21 bits per heavy atom. The lowest BCUT2D eigenvalue weighted by Crippen LogP contribution is -2.15. The average Bonchev–Trinajstić information content (AvgIpc) is 3.11. The second-order valence-electron chi connectivity index (χ2n) is 5.74. The number of anilines is 1. The van der Waals surface area contributed by atoms with Gasteiger partial charge in [-0.05, 0) is 29.9 Å². The standard InChI is InChI=1S/C16H15N3O3S2/c20-24(21,10-11-4-2-1-3-5-11)19-13-8-9-23-14(13)16-17-15(18-22-16)12-6-7-12/h1-5,8-9,12,19H,6-7,10H2. The maximum Gasteiger partial charge on any atom is 0.270 e. The number of hydrogen-bond acceptors (Lipinski definition) is 6. The Bertz CT molecular complexity index is 944. The smallest absolute Gasteiger partial charge is 0.270 e. The fourth-order valence-electron chi connectivity index (χ4n) is 2.39. The Hall–Kier alpha value is -2.19. The van der Waals surface area contributed by atoms with Gasteiger partial charge in [-0.15, -0.1) is 11.3 Å². The molecule has 0 spiro atoms. The van der Waals surface area contributed by atoms with Crippen LogP contribution in [0.15, 0.2) is 46.3 Å². The van der Waals surface area contributed by atoms with E-state index in [4.69, 9.17) is 4.52 Å². The van der Waals surface area contributed by atoms with Crippen molar-refractivity contribution < 1.29 is 12.9 Å². The summed E-state index contributed by atoms with van der Waals surface area (Å²) in [5, 5.41) is 5.79. The van der Waals surface area contributed by atoms with Gasteiger partial charge in [0.25, 0.3) is 5.89 Å². The van der Waals surface area contributed by atoms with Crippen molar-refractivity contribution in [2.75, 3.05) is 4.72 Å². The highest BCUT2D eigenvalue weighted by Crippen LogP contribution is 2.40. The lowest BCUT2D eigenvalue weighted by Gasteiger charge is -2.07. The first kappa shape index (κ1) is 15.3. The molecule has 0 radical (unpaired) electrons. The van der Waals surface area contributed by atoms with Crippen LogP contribution in [0.4, 0.5) is 5.69 Å². The summed E-state index contributed by atoms with van der Waals surface area (Å²) in [7, 11) is -3.52. The third kappa shape index (κ3) is 3.34. The number of hydrogen-bond donors (Lipinski definition) is 1. The Balaban J connectivity index is 1.55. The Morgan fingerprint density at radius 3 is 2.75 bits per heavy atom. The van der Waals surface area contributed by atoms with Gasteiger partial charge in [0, 0.05) is 5.92 Å². The molecule has 1 saturated carbocycles. The SMILES string of the molecule is O=S(=O)(Cc1ccccc1)Nc1ccsc1-c1nc(C2CC2)no1. The van der Waals surface area contributed by atoms with E-state index in [-0.39, 0.29) is 5.75 Å². The number of nitrogens with one attached hydrogen (secondary N) is 1. The van der Waals surface area contributed by atoms with Crippen molar-refractivity contribution in [3.8, 4) is 10.8 Å². The number of aromatic nitrogens is 2. The first-order valence-corrected chi connectivity index (χ1v) is 10.1. The maximum atomic E-state index is 12.4. The van der Waals surface area contributed by atoms with Gasteiger partial charge in [0.15, 0.2) is 5.82 Å². The van der Waals surface area contributed by atoms with Crippen LogP contribution in [0, 0.1) is 0 Å². The molecule has 0 atom stereocenters. The summed E-state index contributed by atoms with van der Waals surface area (Å²) < 4.78 is 32.7. The van der Waals surface area contributed by atoms with Gasteiger partial charge in [-0.3, -0.25) is 4.72 Å². The monoisotopic (exact) mass is 361 g/mol. The lowest BCUT2D eigenvalue weighted by molar-refractivity contribution is 0.423. The molecular weight excluding hydrogens is 346 g/mol. The minimum absolute atomic E-state index is 0.0831. The second-order valence-corrected chi connectivity index (χ2v) is 8.38. The van der Waals surface area contributed by atoms with E-state index >= 15 is 0 Å². The van der Waals surface area contributed by atoms with Crippen LogP contribution in [-0.2, 0) is 15.8 Å². The van der Waals surface area contributed by atoms with Crippen molar-refractivity contribution in [2.24, 2.45) is 0 Å². The number of rotatable bonds is 6. The van der Waals surface area contributed by atoms with Gasteiger partial charge in [-0.2, -0.15) is 4.98 Å². The maximum absolute atomic E-state index is 12.4. The zero-order valence-electron chi connectivity index (χ0n) is 12.7. The Kier molecular flexibility index (Phi) is 3.85. The molecule has 0 saturated heterocycles. The van der Waals surface area contributed by atoms with Crippen LogP contribution in [0.1, 0.15) is 30.1 Å². The van der Waals surface area contributed by atoms with Gasteiger partial charge >= 0.3 is 0 Å². The lowest BCUT2D eigenvalue weighted by atomic mass is 10.2. The fraction of sp³-hybridized carbons (Fsp3) is 0.250. The van der Waals surface area contributed by atoms with Crippen molar-refractivity contribution in [1.82, 2.24) is 10.1 Å². The molecule has 2 aromatic heterocycles. The van der Waals surface area contributed by atoms with Crippen LogP contribution in [0.25, 0.3) is 10.8 Å². The predicted molar refractivity (Wildman–Crippen MR) is 92.3 cm³/mol. The molecular formula is C16H15N3O3S2. The molecule has 2 heterocycles. The fourth-order valence-corrected chi connectivity index (χ4v) is 4.43. The molecule has 0 unspecified atom stereocenters. The van der Waals surface area contributed by atoms with E-state index in [1.165, 1.54) is 11.3 Å². The molecule has 3 aromatic rings. The van der Waals surface area contributed by atoms with Crippen LogP contribution in [0.2, 0.25) is 0 Å². The van der Waals surface area contributed by atoms with Gasteiger partial charge in [0.1, 0.15) is 4.88 Å². The summed E-state index contributed by atoms with van der Waals surface area (Å²) in [6, 6.07) is 10.8. The van der Waals surface area contributed by atoms with E-state index in [9.17, 15) is 8.42 Å². The highest BCUT2D eigenvalue weighted by molar-refractivity contribution is 7.92. The zero-order chi connectivity index (χ0) is 16.6. The van der Waals surface area contributed by atoms with Crippen LogP contribution in [-0.4, -0.2) is 18.6 Å². The molecule has 1 aromatic carbocycles. The number of sulfonamides is 1. The minimum atomic E-state index is -3.52. The van der Waals surface area contributed by atoms with Crippen LogP contribution in [0.5, 0.6) is 0 Å². The van der Waals surface area contributed by atoms with Gasteiger partial charge in [-0.25, -0.2) is 8.42 Å². The molecule has 0 amide bonds. The van der Waals surface area contributed by atoms with E-state index in [1.54, 1.807) is 23.6 Å². The van der Waals surface area contributed by atoms with Crippen LogP contribution in [0.3, 0.4) is 0 Å². The summed E-state index contributed by atoms with van der Waals surface area (Å²) in [6.07, 6.45) is 2.17. The molecule has 1 N–H and O–H groups in total. The van der Waals surface area contributed by atoms with Crippen molar-refractivity contribution in [1.29, 1.82) is 0 Å². The van der Waals surface area contributed by atoms with E-state index in [0.717, 1.165) is 18.4 Å². The third-order valence-corrected chi connectivity index (χ3v) is 5.86. The van der Waals surface area contributed by atoms with Gasteiger partial charge in [-0.1, -0.05) is 35.5 Å². The molecule has 4 rings (SSSR count). The average molecular weight is 361 g/mol. The van der Waals surface area contributed by atoms with E-state index in [2.05, 4.69) is 14.9 Å². The van der Waals surface area contributed by atoms with Gasteiger partial charge in [0.2, 0.25) is 10.0 Å². The van der Waals surface area contributed by atoms with Gasteiger partial charge < -0.3 is 4.52 Å². The largest absolute Gasteiger partial charge is 0.333 e. The normalized spacial score (nSPS) is 14.7. The van der Waals surface area contributed by atoms with Crippen LogP contribution >= 0.6 is 11.3 Å². The minimum Gasteiger partial charge on any atom is -0.333 e. The summed E-state index contributed by atoms with van der Waals surface area (Å²) >= 11 is 1.37. The zero-order valence-corrected chi connectivity index (χ0v) is 14.3. The van der Waals surface area contributed by atoms with E-state index in [0.29, 0.717) is 28.2 Å². The molecule has 6 nitrogen and oxygen atoms in total. The van der Waals surface area contributed by atoms with Crippen LogP contribution < -0.4 is 4.72 Å². The second kappa shape index (κ2) is 6.03. The first-order chi connectivity index (χ1) is 11.6. The number of nitrogens with zero attached hydrogens (tertiary/aromatic N) is 2. The highest BCUT2D eigenvalue weighted by Gasteiger charge is 2.29. The predicted octanol–water partition coefficient (Wildman–Crippen LogP) is 3.62. The molecule has 8 heteroatoms. The number of thiophene rings is 1. The summed E-state index contributed by atoms with van der Waals surface area (Å²) in [6.45, 7) is 0. The Labute approximate surface area is 143 Å². The molecule has 1 fully saturated rings. The molecule has 124 valence electrons. The summed E-state index contributed by atoms with van der Waals surface area (Å²) in [5.74, 6) is 1.38. The molecule has 1 aliphatic carbocycles.